The molecule has 0 saturated carbocycles. The molecule has 1 aromatic heterocycles. The van der Waals surface area contributed by atoms with Crippen LogP contribution in [0.3, 0.4) is 0 Å². The maximum absolute atomic E-state index is 12.1. The Bertz CT molecular complexity index is 1200. The Labute approximate surface area is 164 Å². The Morgan fingerprint density at radius 3 is 2.28 bits per heavy atom. The normalized spacial score (nSPS) is 10.6. The van der Waals surface area contributed by atoms with Crippen LogP contribution in [0.2, 0.25) is 0 Å². The fourth-order valence-corrected chi connectivity index (χ4v) is 2.87. The summed E-state index contributed by atoms with van der Waals surface area (Å²) in [5.41, 5.74) is 2.34. The first kappa shape index (κ1) is 18.0. The maximum atomic E-state index is 12.1. The van der Waals surface area contributed by atoms with Gasteiger partial charge in [0.05, 0.1) is 10.4 Å². The van der Waals surface area contributed by atoms with Gasteiger partial charge in [-0.15, -0.1) is 0 Å². The van der Waals surface area contributed by atoms with Crippen molar-refractivity contribution in [2.24, 2.45) is 0 Å². The van der Waals surface area contributed by atoms with Gasteiger partial charge in [0, 0.05) is 29.1 Å². The molecule has 0 unspecified atom stereocenters. The van der Waals surface area contributed by atoms with Gasteiger partial charge in [-0.2, -0.15) is 4.73 Å². The van der Waals surface area contributed by atoms with Crippen molar-refractivity contribution in [2.75, 3.05) is 10.6 Å². The second-order valence-electron chi connectivity index (χ2n) is 6.20. The highest BCUT2D eigenvalue weighted by Gasteiger charge is 2.16. The van der Waals surface area contributed by atoms with Crippen LogP contribution in [0.5, 0.6) is 0 Å². The molecule has 0 radical (unpaired) electrons. The molecule has 2 amide bonds. The summed E-state index contributed by atoms with van der Waals surface area (Å²) in [6.45, 7) is 0. The number of fused-ring (bicyclic) bond motifs is 1. The average Bonchev–Trinajstić information content (AvgIpc) is 3.05. The highest BCUT2D eigenvalue weighted by molar-refractivity contribution is 5.99. The molecule has 0 fully saturated rings. The van der Waals surface area contributed by atoms with E-state index in [0.29, 0.717) is 22.5 Å². The Hall–Kier alpha value is -4.40. The molecule has 9 nitrogen and oxygen atoms in total. The van der Waals surface area contributed by atoms with Crippen LogP contribution in [-0.2, 0) is 0 Å². The van der Waals surface area contributed by atoms with Gasteiger partial charge in [0.2, 0.25) is 0 Å². The first-order chi connectivity index (χ1) is 14.0. The molecule has 0 aliphatic carbocycles. The smallest absolute Gasteiger partial charge is 0.323 e. The van der Waals surface area contributed by atoms with Crippen LogP contribution >= 0.6 is 0 Å². The third-order valence-corrected chi connectivity index (χ3v) is 4.26. The van der Waals surface area contributed by atoms with Crippen molar-refractivity contribution in [3.63, 3.8) is 0 Å². The van der Waals surface area contributed by atoms with Crippen LogP contribution in [0, 0.1) is 10.1 Å². The molecule has 3 aromatic carbocycles. The monoisotopic (exact) mass is 389 g/mol. The SMILES string of the molecule is O=C(Nc1ccccc1)Nc1ccc(-c2nc3ccc([N+](=O)[O-])cc3n2O)cc1. The van der Waals surface area contributed by atoms with Gasteiger partial charge in [0.15, 0.2) is 5.82 Å². The summed E-state index contributed by atoms with van der Waals surface area (Å²) in [7, 11) is 0. The Kier molecular flexibility index (Phi) is 4.54. The minimum absolute atomic E-state index is 0.136. The zero-order valence-corrected chi connectivity index (χ0v) is 14.9. The second kappa shape index (κ2) is 7.31. The maximum Gasteiger partial charge on any atom is 0.323 e. The number of urea groups is 1. The number of hydrogen-bond donors (Lipinski definition) is 3. The predicted molar refractivity (Wildman–Crippen MR) is 108 cm³/mol. The molecule has 29 heavy (non-hydrogen) atoms. The van der Waals surface area contributed by atoms with Crippen LogP contribution in [0.1, 0.15) is 0 Å². The van der Waals surface area contributed by atoms with Crippen molar-refractivity contribution in [1.82, 2.24) is 9.71 Å². The minimum Gasteiger partial charge on any atom is -0.426 e. The van der Waals surface area contributed by atoms with Gasteiger partial charge in [-0.3, -0.25) is 10.1 Å². The number of aromatic nitrogens is 2. The van der Waals surface area contributed by atoms with Gasteiger partial charge in [0.1, 0.15) is 5.52 Å². The van der Waals surface area contributed by atoms with Crippen molar-refractivity contribution >= 4 is 34.1 Å². The lowest BCUT2D eigenvalue weighted by atomic mass is 10.2. The van der Waals surface area contributed by atoms with Crippen LogP contribution < -0.4 is 10.6 Å². The number of imidazole rings is 1. The van der Waals surface area contributed by atoms with E-state index in [0.717, 1.165) is 4.73 Å². The van der Waals surface area contributed by atoms with Gasteiger partial charge in [0.25, 0.3) is 5.69 Å². The van der Waals surface area contributed by atoms with E-state index in [1.54, 1.807) is 36.4 Å². The summed E-state index contributed by atoms with van der Waals surface area (Å²) in [6, 6.07) is 19.4. The number of nitrogens with zero attached hydrogens (tertiary/aromatic N) is 3. The predicted octanol–water partition coefficient (Wildman–Crippen LogP) is 4.49. The molecule has 1 heterocycles. The Morgan fingerprint density at radius 1 is 0.966 bits per heavy atom. The van der Waals surface area contributed by atoms with Crippen LogP contribution in [-0.4, -0.2) is 25.9 Å². The molecule has 0 atom stereocenters. The summed E-state index contributed by atoms with van der Waals surface area (Å²) in [5, 5.41) is 26.7. The van der Waals surface area contributed by atoms with Gasteiger partial charge in [-0.25, -0.2) is 9.78 Å². The molecule has 0 aliphatic rings. The Balaban J connectivity index is 1.54. The second-order valence-corrected chi connectivity index (χ2v) is 6.20. The van der Waals surface area contributed by atoms with Crippen molar-refractivity contribution in [3.05, 3.63) is 82.9 Å². The number of carbonyl (C=O) groups excluding carboxylic acids is 1. The van der Waals surface area contributed by atoms with E-state index in [4.69, 9.17) is 0 Å². The molecule has 4 rings (SSSR count). The molecule has 3 N–H and O–H groups in total. The first-order valence-corrected chi connectivity index (χ1v) is 8.61. The van der Waals surface area contributed by atoms with Crippen molar-refractivity contribution in [3.8, 4) is 11.4 Å². The fraction of sp³-hybridized carbons (Fsp3) is 0. The molecule has 0 bridgehead atoms. The summed E-state index contributed by atoms with van der Waals surface area (Å²) in [6.07, 6.45) is 0. The zero-order chi connectivity index (χ0) is 20.4. The third-order valence-electron chi connectivity index (χ3n) is 4.26. The van der Waals surface area contributed by atoms with E-state index in [2.05, 4.69) is 15.6 Å². The van der Waals surface area contributed by atoms with Gasteiger partial charge in [-0.1, -0.05) is 18.2 Å². The molecule has 0 saturated heterocycles. The molecular formula is C20H15N5O4. The van der Waals surface area contributed by atoms with Crippen LogP contribution in [0.15, 0.2) is 72.8 Å². The lowest BCUT2D eigenvalue weighted by Crippen LogP contribution is -2.19. The Morgan fingerprint density at radius 2 is 1.62 bits per heavy atom. The van der Waals surface area contributed by atoms with Gasteiger partial charge >= 0.3 is 6.03 Å². The summed E-state index contributed by atoms with van der Waals surface area (Å²) < 4.78 is 0.812. The fourth-order valence-electron chi connectivity index (χ4n) is 2.87. The van der Waals surface area contributed by atoms with Gasteiger partial charge < -0.3 is 15.8 Å². The summed E-state index contributed by atoms with van der Waals surface area (Å²) in [5.74, 6) is 0.237. The molecule has 144 valence electrons. The highest BCUT2D eigenvalue weighted by Crippen LogP contribution is 2.27. The number of amides is 2. The average molecular weight is 389 g/mol. The lowest BCUT2D eigenvalue weighted by molar-refractivity contribution is -0.384. The number of nitro groups is 1. The van der Waals surface area contributed by atoms with Crippen molar-refractivity contribution < 1.29 is 14.9 Å². The van der Waals surface area contributed by atoms with E-state index < -0.39 is 4.92 Å². The first-order valence-electron chi connectivity index (χ1n) is 8.61. The number of benzene rings is 3. The van der Waals surface area contributed by atoms with Crippen LogP contribution in [0.4, 0.5) is 21.9 Å². The zero-order valence-electron chi connectivity index (χ0n) is 14.9. The molecule has 0 aliphatic heterocycles. The number of nitrogens with one attached hydrogen (secondary N) is 2. The number of anilines is 2. The molecule has 0 spiro atoms. The van der Waals surface area contributed by atoms with E-state index in [1.165, 1.54) is 18.2 Å². The van der Waals surface area contributed by atoms with E-state index in [-0.39, 0.29) is 23.1 Å². The highest BCUT2D eigenvalue weighted by atomic mass is 16.6. The lowest BCUT2D eigenvalue weighted by Gasteiger charge is -2.08. The number of carbonyl (C=O) groups is 1. The number of rotatable bonds is 4. The largest absolute Gasteiger partial charge is 0.426 e. The van der Waals surface area contributed by atoms with Gasteiger partial charge in [-0.05, 0) is 42.5 Å². The molecule has 9 heteroatoms. The van der Waals surface area contributed by atoms with Crippen molar-refractivity contribution in [1.29, 1.82) is 0 Å². The summed E-state index contributed by atoms with van der Waals surface area (Å²) >= 11 is 0. The molecular weight excluding hydrogens is 374 g/mol. The number of non-ortho nitro benzene ring substituents is 1. The third kappa shape index (κ3) is 3.69. The molecule has 4 aromatic rings. The van der Waals surface area contributed by atoms with E-state index >= 15 is 0 Å². The summed E-state index contributed by atoms with van der Waals surface area (Å²) in [4.78, 5) is 26.8. The number of hydrogen-bond acceptors (Lipinski definition) is 5. The van der Waals surface area contributed by atoms with E-state index in [1.807, 2.05) is 18.2 Å². The minimum atomic E-state index is -0.535. The van der Waals surface area contributed by atoms with Crippen LogP contribution in [0.25, 0.3) is 22.4 Å². The van der Waals surface area contributed by atoms with E-state index in [9.17, 15) is 20.1 Å². The topological polar surface area (TPSA) is 122 Å². The van der Waals surface area contributed by atoms with Crippen molar-refractivity contribution in [2.45, 2.75) is 0 Å². The standard InChI is InChI=1S/C20H15N5O4/c26-20(21-14-4-2-1-3-5-14)22-15-8-6-13(7-9-15)19-23-17-11-10-16(25(28)29)12-18(17)24(19)27/h1-12,27H,(H2,21,22,26). The quantitative estimate of drug-likeness (QED) is 0.270. The number of para-hydroxylation sites is 1. The number of nitro benzene ring substituents is 1.